The fourth-order valence-corrected chi connectivity index (χ4v) is 0.173. The van der Waals surface area contributed by atoms with E-state index in [1.165, 1.54) is 0 Å². The van der Waals surface area contributed by atoms with Crippen molar-refractivity contribution in [3.8, 4) is 12.1 Å². The number of nitriles is 2. The molecule has 4 heteroatoms. The molecule has 0 fully saturated rings. The zero-order valence-corrected chi connectivity index (χ0v) is 4.05. The third kappa shape index (κ3) is 1.81. The molecule has 40 valence electrons. The lowest BCUT2D eigenvalue weighted by Gasteiger charge is -1.80. The van der Waals surface area contributed by atoms with Crippen LogP contribution in [0.2, 0.25) is 0 Å². The van der Waals surface area contributed by atoms with E-state index in [1.54, 1.807) is 12.1 Å². The van der Waals surface area contributed by atoms with E-state index >= 15 is 0 Å². The highest BCUT2D eigenvalue weighted by Gasteiger charge is 1.84. The first-order chi connectivity index (χ1) is 3.85. The summed E-state index contributed by atoms with van der Waals surface area (Å²) in [5.74, 6) is 4.75. The minimum absolute atomic E-state index is 0.0347. The van der Waals surface area contributed by atoms with E-state index in [-0.39, 0.29) is 5.57 Å². The van der Waals surface area contributed by atoms with E-state index in [1.807, 2.05) is 0 Å². The molecule has 0 aromatic heterocycles. The Morgan fingerprint density at radius 2 is 2.00 bits per heavy atom. The smallest absolute Gasteiger partial charge is 0.146 e. The van der Waals surface area contributed by atoms with E-state index < -0.39 is 0 Å². The average Bonchev–Trinajstić information content (AvgIpc) is 1.83. The summed E-state index contributed by atoms with van der Waals surface area (Å²) in [5, 5.41) is 16.0. The first-order valence-electron chi connectivity index (χ1n) is 1.81. The van der Waals surface area contributed by atoms with E-state index in [0.717, 1.165) is 6.20 Å². The predicted octanol–water partition coefficient (Wildman–Crippen LogP) is -0.619. The number of hydrogen-bond donors (Lipinski definition) is 2. The third-order valence-corrected chi connectivity index (χ3v) is 0.469. The highest BCUT2D eigenvalue weighted by atomic mass is 15.2. The second-order valence-corrected chi connectivity index (χ2v) is 0.948. The first-order valence-corrected chi connectivity index (χ1v) is 1.81. The van der Waals surface area contributed by atoms with Gasteiger partial charge in [-0.3, -0.25) is 5.84 Å². The lowest BCUT2D eigenvalue weighted by molar-refractivity contribution is 0.963. The molecule has 0 aliphatic rings. The van der Waals surface area contributed by atoms with Crippen molar-refractivity contribution in [2.45, 2.75) is 0 Å². The molecule has 0 aromatic carbocycles. The number of nitrogens with one attached hydrogen (secondary N) is 1. The van der Waals surface area contributed by atoms with Gasteiger partial charge in [0.2, 0.25) is 0 Å². The SMILES string of the molecule is N#CC(C#N)=CNN. The van der Waals surface area contributed by atoms with Crippen molar-refractivity contribution in [3.05, 3.63) is 11.8 Å². The van der Waals surface area contributed by atoms with Crippen molar-refractivity contribution >= 4 is 0 Å². The van der Waals surface area contributed by atoms with Gasteiger partial charge in [-0.1, -0.05) is 0 Å². The fraction of sp³-hybridized carbons (Fsp3) is 0. The molecule has 0 radical (unpaired) electrons. The van der Waals surface area contributed by atoms with Crippen LogP contribution in [0.4, 0.5) is 0 Å². The molecule has 0 heterocycles. The standard InChI is InChI=1S/C4H4N4/c5-1-4(2-6)3-8-7/h3,8H,7H2. The van der Waals surface area contributed by atoms with Crippen LogP contribution >= 0.6 is 0 Å². The molecule has 4 nitrogen and oxygen atoms in total. The number of rotatable bonds is 1. The second kappa shape index (κ2) is 3.66. The van der Waals surface area contributed by atoms with E-state index in [4.69, 9.17) is 16.4 Å². The lowest BCUT2D eigenvalue weighted by atomic mass is 10.4. The van der Waals surface area contributed by atoms with Crippen LogP contribution in [-0.2, 0) is 0 Å². The van der Waals surface area contributed by atoms with Gasteiger partial charge in [-0.15, -0.1) is 0 Å². The zero-order valence-electron chi connectivity index (χ0n) is 4.05. The Hall–Kier alpha value is -1.52. The van der Waals surface area contributed by atoms with Crippen molar-refractivity contribution in [3.63, 3.8) is 0 Å². The maximum Gasteiger partial charge on any atom is 0.146 e. The summed E-state index contributed by atoms with van der Waals surface area (Å²) < 4.78 is 0. The van der Waals surface area contributed by atoms with Gasteiger partial charge in [-0.2, -0.15) is 10.5 Å². The Bertz CT molecular complexity index is 151. The highest BCUT2D eigenvalue weighted by molar-refractivity contribution is 5.33. The van der Waals surface area contributed by atoms with Crippen molar-refractivity contribution in [1.82, 2.24) is 5.43 Å². The van der Waals surface area contributed by atoms with Gasteiger partial charge >= 0.3 is 0 Å². The van der Waals surface area contributed by atoms with Crippen molar-refractivity contribution < 1.29 is 0 Å². The average molecular weight is 108 g/mol. The summed E-state index contributed by atoms with van der Waals surface area (Å²) >= 11 is 0. The van der Waals surface area contributed by atoms with Crippen molar-refractivity contribution in [2.24, 2.45) is 5.84 Å². The molecule has 0 saturated heterocycles. The zero-order chi connectivity index (χ0) is 6.41. The maximum absolute atomic E-state index is 8.02. The van der Waals surface area contributed by atoms with Crippen LogP contribution in [-0.4, -0.2) is 0 Å². The van der Waals surface area contributed by atoms with Crippen LogP contribution in [0, 0.1) is 22.7 Å². The quantitative estimate of drug-likeness (QED) is 0.266. The maximum atomic E-state index is 8.02. The highest BCUT2D eigenvalue weighted by Crippen LogP contribution is 1.81. The van der Waals surface area contributed by atoms with Gasteiger partial charge in [0.1, 0.15) is 17.7 Å². The number of hydrazine groups is 1. The molecule has 0 aliphatic carbocycles. The fourth-order valence-electron chi connectivity index (χ4n) is 0.173. The van der Waals surface area contributed by atoms with Crippen LogP contribution in [0.1, 0.15) is 0 Å². The topological polar surface area (TPSA) is 85.6 Å². The van der Waals surface area contributed by atoms with Gasteiger partial charge in [0.25, 0.3) is 0 Å². The molecule has 0 aliphatic heterocycles. The van der Waals surface area contributed by atoms with Gasteiger partial charge in [-0.25, -0.2) is 0 Å². The van der Waals surface area contributed by atoms with Gasteiger partial charge in [0.05, 0.1) is 0 Å². The van der Waals surface area contributed by atoms with Gasteiger partial charge in [0, 0.05) is 6.20 Å². The Morgan fingerprint density at radius 1 is 1.50 bits per heavy atom. The first kappa shape index (κ1) is 6.48. The predicted molar refractivity (Wildman–Crippen MR) is 26.6 cm³/mol. The van der Waals surface area contributed by atoms with E-state index in [2.05, 4.69) is 5.43 Å². The molecular formula is C4H4N4. The van der Waals surface area contributed by atoms with Crippen molar-refractivity contribution in [2.75, 3.05) is 0 Å². The summed E-state index contributed by atoms with van der Waals surface area (Å²) in [4.78, 5) is 0. The number of hydrogen-bond acceptors (Lipinski definition) is 4. The van der Waals surface area contributed by atoms with Crippen LogP contribution in [0.15, 0.2) is 11.8 Å². The van der Waals surface area contributed by atoms with E-state index in [0.29, 0.717) is 0 Å². The lowest BCUT2D eigenvalue weighted by Crippen LogP contribution is -2.13. The molecule has 0 aromatic rings. The van der Waals surface area contributed by atoms with Crippen LogP contribution in [0.5, 0.6) is 0 Å². The molecule has 0 atom stereocenters. The van der Waals surface area contributed by atoms with Gasteiger partial charge < -0.3 is 5.43 Å². The molecule has 0 amide bonds. The Balaban J connectivity index is 3.99. The minimum Gasteiger partial charge on any atom is -0.329 e. The summed E-state index contributed by atoms with van der Waals surface area (Å²) in [5.41, 5.74) is 2.03. The molecule has 0 unspecified atom stereocenters. The summed E-state index contributed by atoms with van der Waals surface area (Å²) in [6.45, 7) is 0. The second-order valence-electron chi connectivity index (χ2n) is 0.948. The Morgan fingerprint density at radius 3 is 2.12 bits per heavy atom. The summed E-state index contributed by atoms with van der Waals surface area (Å²) in [6, 6.07) is 3.22. The van der Waals surface area contributed by atoms with E-state index in [9.17, 15) is 0 Å². The van der Waals surface area contributed by atoms with Gasteiger partial charge in [0.15, 0.2) is 0 Å². The third-order valence-electron chi connectivity index (χ3n) is 0.469. The number of allylic oxidation sites excluding steroid dienone is 1. The van der Waals surface area contributed by atoms with Crippen LogP contribution in [0.25, 0.3) is 0 Å². The molecule has 0 saturated carbocycles. The normalized spacial score (nSPS) is 5.88. The van der Waals surface area contributed by atoms with Gasteiger partial charge in [-0.05, 0) is 0 Å². The minimum atomic E-state index is -0.0347. The van der Waals surface area contributed by atoms with Crippen LogP contribution < -0.4 is 11.3 Å². The largest absolute Gasteiger partial charge is 0.329 e. The summed E-state index contributed by atoms with van der Waals surface area (Å²) in [6.07, 6.45) is 1.12. The van der Waals surface area contributed by atoms with Crippen LogP contribution in [0.3, 0.4) is 0 Å². The molecule has 0 spiro atoms. The molecule has 0 rings (SSSR count). The van der Waals surface area contributed by atoms with Crippen molar-refractivity contribution in [1.29, 1.82) is 10.5 Å². The number of nitrogens with two attached hydrogens (primary N) is 1. The molecular weight excluding hydrogens is 104 g/mol. The molecule has 3 N–H and O–H groups in total. The molecule has 0 bridgehead atoms. The Labute approximate surface area is 46.8 Å². The monoisotopic (exact) mass is 108 g/mol. The Kier molecular flexibility index (Phi) is 2.97. The summed E-state index contributed by atoms with van der Waals surface area (Å²) in [7, 11) is 0. The molecule has 8 heavy (non-hydrogen) atoms. The number of nitrogens with zero attached hydrogens (tertiary/aromatic N) is 2.